The minimum atomic E-state index is -1.18. The Balaban J connectivity index is 2.17. The average Bonchev–Trinajstić information content (AvgIpc) is 2.60. The molecule has 0 spiro atoms. The van der Waals surface area contributed by atoms with E-state index >= 15 is 0 Å². The largest absolute Gasteiger partial charge is 0.488 e. The molecule has 7 atom stereocenters. The fourth-order valence-corrected chi connectivity index (χ4v) is 6.07. The van der Waals surface area contributed by atoms with Crippen LogP contribution in [0.25, 0.3) is 0 Å². The van der Waals surface area contributed by atoms with Gasteiger partial charge in [0, 0.05) is 5.41 Å². The maximum Gasteiger partial charge on any atom is 0.344 e. The predicted molar refractivity (Wildman–Crippen MR) is 95.4 cm³/mol. The van der Waals surface area contributed by atoms with Crippen molar-refractivity contribution in [1.29, 1.82) is 0 Å². The van der Waals surface area contributed by atoms with Gasteiger partial charge in [-0.1, -0.05) is 13.8 Å². The fourth-order valence-electron chi connectivity index (χ4n) is 6.07. The van der Waals surface area contributed by atoms with Crippen LogP contribution < -0.4 is 0 Å². The van der Waals surface area contributed by atoms with Gasteiger partial charge < -0.3 is 24.8 Å². The van der Waals surface area contributed by atoms with E-state index in [4.69, 9.17) is 9.47 Å². The molecule has 7 heteroatoms. The van der Waals surface area contributed by atoms with Gasteiger partial charge in [0.15, 0.2) is 5.78 Å². The Bertz CT molecular complexity index is 700. The lowest BCUT2D eigenvalue weighted by atomic mass is 9.43. The number of ketones is 1. The zero-order chi connectivity index (χ0) is 20.4. The van der Waals surface area contributed by atoms with Crippen molar-refractivity contribution in [2.24, 2.45) is 22.7 Å². The van der Waals surface area contributed by atoms with Gasteiger partial charge in [-0.15, -0.1) is 0 Å². The standard InChI is InChI=1S/C20H30O7/c1-10-14(17(25)26-5)15(24)16-18(2)7-6-12(22)19(3,9-21)11(18)8-13(23)20(16,4)27-10/h11-13,16,21-23H,6-9H2,1-5H3/t11-,12+,13+,16-,18+,19+,20-/m1/s1. The SMILES string of the molecule is COC(=O)C1=C(C)O[C@@]2(C)[C@H](C1=O)[C@@]1(C)CC[C@H](O)[C@@](C)(CO)[C@@H]1C[C@@H]2O. The summed E-state index contributed by atoms with van der Waals surface area (Å²) in [5.41, 5.74) is -2.80. The number of esters is 1. The van der Waals surface area contributed by atoms with E-state index in [0.29, 0.717) is 19.3 Å². The van der Waals surface area contributed by atoms with Crippen LogP contribution in [0.15, 0.2) is 11.3 Å². The van der Waals surface area contributed by atoms with Gasteiger partial charge in [-0.3, -0.25) is 4.79 Å². The molecule has 152 valence electrons. The molecule has 3 rings (SSSR count). The zero-order valence-electron chi connectivity index (χ0n) is 16.6. The van der Waals surface area contributed by atoms with Crippen molar-refractivity contribution in [3.63, 3.8) is 0 Å². The number of ether oxygens (including phenoxy) is 2. The van der Waals surface area contributed by atoms with Crippen molar-refractivity contribution < 1.29 is 34.4 Å². The van der Waals surface area contributed by atoms with E-state index in [2.05, 4.69) is 0 Å². The highest BCUT2D eigenvalue weighted by Gasteiger charge is 2.69. The van der Waals surface area contributed by atoms with Gasteiger partial charge in [-0.05, 0) is 44.4 Å². The summed E-state index contributed by atoms with van der Waals surface area (Å²) in [7, 11) is 1.21. The second-order valence-electron chi connectivity index (χ2n) is 9.03. The number of carbonyl (C=O) groups is 2. The second kappa shape index (κ2) is 6.29. The Morgan fingerprint density at radius 3 is 2.44 bits per heavy atom. The van der Waals surface area contributed by atoms with Crippen LogP contribution in [-0.4, -0.2) is 58.6 Å². The minimum Gasteiger partial charge on any atom is -0.488 e. The third kappa shape index (κ3) is 2.51. The molecule has 0 aromatic carbocycles. The number of rotatable bonds is 2. The van der Waals surface area contributed by atoms with Crippen molar-refractivity contribution in [2.75, 3.05) is 13.7 Å². The Kier molecular flexibility index (Phi) is 4.73. The molecule has 3 N–H and O–H groups in total. The van der Waals surface area contributed by atoms with E-state index in [1.165, 1.54) is 14.0 Å². The van der Waals surface area contributed by atoms with Crippen molar-refractivity contribution in [1.82, 2.24) is 0 Å². The summed E-state index contributed by atoms with van der Waals surface area (Å²) in [5, 5.41) is 31.6. The van der Waals surface area contributed by atoms with Crippen molar-refractivity contribution >= 4 is 11.8 Å². The summed E-state index contributed by atoms with van der Waals surface area (Å²) >= 11 is 0. The van der Waals surface area contributed by atoms with Crippen LogP contribution in [0.5, 0.6) is 0 Å². The second-order valence-corrected chi connectivity index (χ2v) is 9.03. The van der Waals surface area contributed by atoms with Crippen molar-refractivity contribution in [3.8, 4) is 0 Å². The molecule has 27 heavy (non-hydrogen) atoms. The molecule has 1 heterocycles. The topological polar surface area (TPSA) is 113 Å². The smallest absolute Gasteiger partial charge is 0.344 e. The van der Waals surface area contributed by atoms with Crippen molar-refractivity contribution in [2.45, 2.75) is 64.8 Å². The molecule has 0 bridgehead atoms. The van der Waals surface area contributed by atoms with Gasteiger partial charge in [0.05, 0.1) is 31.8 Å². The van der Waals surface area contributed by atoms with Crippen LogP contribution >= 0.6 is 0 Å². The maximum absolute atomic E-state index is 13.5. The Morgan fingerprint density at radius 1 is 1.26 bits per heavy atom. The van der Waals surface area contributed by atoms with E-state index in [0.717, 1.165) is 0 Å². The number of aliphatic hydroxyl groups excluding tert-OH is 3. The normalized spacial score (nSPS) is 47.0. The van der Waals surface area contributed by atoms with E-state index in [1.54, 1.807) is 13.8 Å². The average molecular weight is 382 g/mol. The number of allylic oxidation sites excluding steroid dienone is 1. The summed E-state index contributed by atoms with van der Waals surface area (Å²) in [5.74, 6) is -2.07. The number of hydrogen-bond donors (Lipinski definition) is 3. The Morgan fingerprint density at radius 2 is 1.89 bits per heavy atom. The van der Waals surface area contributed by atoms with Crippen LogP contribution in [0.1, 0.15) is 47.0 Å². The lowest BCUT2D eigenvalue weighted by Crippen LogP contribution is -2.70. The lowest BCUT2D eigenvalue weighted by molar-refractivity contribution is -0.247. The number of Topliss-reactive ketones (excluding diaryl/α,β-unsaturated/α-hetero) is 1. The summed E-state index contributed by atoms with van der Waals surface area (Å²) in [6.07, 6.45) is -0.449. The van der Waals surface area contributed by atoms with E-state index in [9.17, 15) is 24.9 Å². The summed E-state index contributed by atoms with van der Waals surface area (Å²) < 4.78 is 10.8. The van der Waals surface area contributed by atoms with Gasteiger partial charge in [0.2, 0.25) is 0 Å². The molecule has 0 saturated heterocycles. The summed E-state index contributed by atoms with van der Waals surface area (Å²) in [4.78, 5) is 25.7. The van der Waals surface area contributed by atoms with E-state index < -0.39 is 46.3 Å². The molecule has 2 fully saturated rings. The molecule has 1 aliphatic heterocycles. The van der Waals surface area contributed by atoms with Gasteiger partial charge >= 0.3 is 5.97 Å². The first-order chi connectivity index (χ1) is 12.5. The highest BCUT2D eigenvalue weighted by Crippen LogP contribution is 2.64. The molecule has 0 aromatic rings. The van der Waals surface area contributed by atoms with Crippen LogP contribution in [0.2, 0.25) is 0 Å². The number of fused-ring (bicyclic) bond motifs is 3. The highest BCUT2D eigenvalue weighted by atomic mass is 16.5. The molecule has 7 nitrogen and oxygen atoms in total. The number of aliphatic hydroxyl groups is 3. The first kappa shape index (κ1) is 20.3. The van der Waals surface area contributed by atoms with E-state index in [-0.39, 0.29) is 23.9 Å². The van der Waals surface area contributed by atoms with Crippen LogP contribution in [0, 0.1) is 22.7 Å². The quantitative estimate of drug-likeness (QED) is 0.481. The fraction of sp³-hybridized carbons (Fsp3) is 0.800. The monoisotopic (exact) mass is 382 g/mol. The number of hydrogen-bond acceptors (Lipinski definition) is 7. The van der Waals surface area contributed by atoms with Crippen LogP contribution in [-0.2, 0) is 19.1 Å². The molecule has 0 radical (unpaired) electrons. The third-order valence-electron chi connectivity index (χ3n) is 7.63. The maximum atomic E-state index is 13.5. The molecule has 0 aromatic heterocycles. The van der Waals surface area contributed by atoms with E-state index in [1.807, 2.05) is 6.92 Å². The molecule has 0 amide bonds. The minimum absolute atomic E-state index is 0.120. The van der Waals surface area contributed by atoms with Gasteiger partial charge in [0.25, 0.3) is 0 Å². The molecule has 0 unspecified atom stereocenters. The van der Waals surface area contributed by atoms with Gasteiger partial charge in [-0.2, -0.15) is 0 Å². The Hall–Kier alpha value is -1.44. The van der Waals surface area contributed by atoms with Crippen LogP contribution in [0.3, 0.4) is 0 Å². The molecular formula is C20H30O7. The Labute approximate surface area is 159 Å². The molecule has 2 saturated carbocycles. The zero-order valence-corrected chi connectivity index (χ0v) is 16.6. The molecule has 3 aliphatic rings. The lowest BCUT2D eigenvalue weighted by Gasteiger charge is -2.64. The first-order valence-corrected chi connectivity index (χ1v) is 9.46. The highest BCUT2D eigenvalue weighted by molar-refractivity contribution is 6.19. The van der Waals surface area contributed by atoms with Crippen LogP contribution in [0.4, 0.5) is 0 Å². The first-order valence-electron chi connectivity index (χ1n) is 9.46. The molecular weight excluding hydrogens is 352 g/mol. The van der Waals surface area contributed by atoms with Gasteiger partial charge in [0.1, 0.15) is 16.9 Å². The number of methoxy groups -OCH3 is 1. The van der Waals surface area contributed by atoms with Crippen molar-refractivity contribution in [3.05, 3.63) is 11.3 Å². The summed E-state index contributed by atoms with van der Waals surface area (Å²) in [6, 6.07) is 0. The van der Waals surface area contributed by atoms with Gasteiger partial charge in [-0.25, -0.2) is 4.79 Å². The molecule has 2 aliphatic carbocycles. The summed E-state index contributed by atoms with van der Waals surface area (Å²) in [6.45, 7) is 6.74. The predicted octanol–water partition coefficient (Wildman–Crippen LogP) is 0.948. The number of carbonyl (C=O) groups excluding carboxylic acids is 2. The third-order valence-corrected chi connectivity index (χ3v) is 7.63.